The maximum atomic E-state index is 13.8. The molecule has 0 radical (unpaired) electrons. The Morgan fingerprint density at radius 1 is 1.11 bits per heavy atom. The van der Waals surface area contributed by atoms with Gasteiger partial charge >= 0.3 is 0 Å². The van der Waals surface area contributed by atoms with Crippen molar-refractivity contribution in [3.05, 3.63) is 48.1 Å². The second-order valence-corrected chi connectivity index (χ2v) is 12.6. The Hall–Kier alpha value is -3.95. The summed E-state index contributed by atoms with van der Waals surface area (Å²) >= 11 is 6.43. The molecule has 0 unspecified atom stereocenters. The number of nitrogens with one attached hydrogen (secondary N) is 1. The van der Waals surface area contributed by atoms with E-state index in [1.54, 1.807) is 23.1 Å². The van der Waals surface area contributed by atoms with Crippen molar-refractivity contribution in [2.45, 2.75) is 75.8 Å². The van der Waals surface area contributed by atoms with Gasteiger partial charge in [0.2, 0.25) is 5.95 Å². The highest BCUT2D eigenvalue weighted by Gasteiger charge is 2.41. The molecule has 0 bridgehead atoms. The molecule has 2 aliphatic heterocycles. The molecule has 1 atom stereocenters. The summed E-state index contributed by atoms with van der Waals surface area (Å²) in [7, 11) is 0. The van der Waals surface area contributed by atoms with Gasteiger partial charge in [-0.3, -0.25) is 9.58 Å². The number of halogens is 3. The van der Waals surface area contributed by atoms with Gasteiger partial charge in [-0.05, 0) is 60.7 Å². The summed E-state index contributed by atoms with van der Waals surface area (Å²) in [4.78, 5) is 11.1. The number of ether oxygens (including phenoxy) is 3. The highest BCUT2D eigenvalue weighted by Crippen LogP contribution is 2.38. The fourth-order valence-electron chi connectivity index (χ4n) is 6.15. The van der Waals surface area contributed by atoms with Crippen LogP contribution in [0.2, 0.25) is 5.02 Å². The van der Waals surface area contributed by atoms with Gasteiger partial charge in [-0.25, -0.2) is 23.4 Å². The van der Waals surface area contributed by atoms with Crippen LogP contribution in [0.4, 0.5) is 20.4 Å². The number of tetrazole rings is 1. The van der Waals surface area contributed by atoms with Crippen LogP contribution in [0.5, 0.6) is 11.6 Å². The van der Waals surface area contributed by atoms with E-state index in [4.69, 9.17) is 30.9 Å². The molecule has 2 saturated heterocycles. The first kappa shape index (κ1) is 30.7. The van der Waals surface area contributed by atoms with Crippen molar-refractivity contribution in [1.82, 2.24) is 44.9 Å². The smallest absolute Gasteiger partial charge is 0.261 e. The van der Waals surface area contributed by atoms with E-state index in [-0.39, 0.29) is 37.3 Å². The molecule has 3 fully saturated rings. The normalized spacial score (nSPS) is 22.3. The third-order valence-corrected chi connectivity index (χ3v) is 8.98. The van der Waals surface area contributed by atoms with Crippen LogP contribution in [0.25, 0.3) is 11.1 Å². The Morgan fingerprint density at radius 2 is 1.89 bits per heavy atom. The second-order valence-electron chi connectivity index (χ2n) is 12.2. The lowest BCUT2D eigenvalue weighted by Gasteiger charge is -2.34. The van der Waals surface area contributed by atoms with Gasteiger partial charge in [0.05, 0.1) is 43.6 Å². The molecule has 0 amide bonds. The van der Waals surface area contributed by atoms with Crippen molar-refractivity contribution in [1.29, 1.82) is 0 Å². The van der Waals surface area contributed by atoms with Crippen molar-refractivity contribution in [3.63, 3.8) is 0 Å². The third kappa shape index (κ3) is 7.05. The lowest BCUT2D eigenvalue weighted by Crippen LogP contribution is -2.39. The molecular formula is C30H35ClF2N10O3. The Morgan fingerprint density at radius 3 is 2.57 bits per heavy atom. The van der Waals surface area contributed by atoms with Crippen LogP contribution in [0.15, 0.2) is 43.1 Å². The third-order valence-electron chi connectivity index (χ3n) is 8.67. The van der Waals surface area contributed by atoms with Gasteiger partial charge in [-0.15, -0.1) is 10.2 Å². The minimum absolute atomic E-state index is 0.0475. The Kier molecular flexibility index (Phi) is 8.70. The first-order valence-electron chi connectivity index (χ1n) is 15.5. The van der Waals surface area contributed by atoms with Crippen LogP contribution < -0.4 is 14.8 Å². The fourth-order valence-corrected chi connectivity index (χ4v) is 6.32. The summed E-state index contributed by atoms with van der Waals surface area (Å²) in [6.07, 6.45) is 9.97. The Labute approximate surface area is 269 Å². The van der Waals surface area contributed by atoms with E-state index in [1.165, 1.54) is 6.33 Å². The first-order chi connectivity index (χ1) is 22.3. The highest BCUT2D eigenvalue weighted by molar-refractivity contribution is 6.32. The number of aromatic nitrogens is 8. The second kappa shape index (κ2) is 13.0. The molecule has 5 heterocycles. The number of anilines is 2. The summed E-state index contributed by atoms with van der Waals surface area (Å²) in [6.45, 7) is 3.73. The largest absolute Gasteiger partial charge is 0.487 e. The van der Waals surface area contributed by atoms with Crippen molar-refractivity contribution in [3.8, 4) is 22.8 Å². The standard InChI is InChI=1S/C30H35ClF2N10O3/c1-19(13-42-18-36-39-40-42)45-27-10-20(2-7-25(27)31)21-11-34-29(35-12-21)37-26-14-43(38-28(26)46-24-15-44-16-24)23-5-3-22(4-6-23)41-9-8-30(32,33)17-41/h2,7,10-12,14,18-19,22-24H,3-6,8-9,13,15-17H2,1H3,(H,34,35,37)/t19-,22?,23?/m0/s1. The summed E-state index contributed by atoms with van der Waals surface area (Å²) in [5.41, 5.74) is 2.28. The average Bonchev–Trinajstić information content (AvgIpc) is 3.77. The predicted molar refractivity (Wildman–Crippen MR) is 164 cm³/mol. The van der Waals surface area contributed by atoms with Gasteiger partial charge in [-0.1, -0.05) is 17.7 Å². The van der Waals surface area contributed by atoms with Crippen LogP contribution in [0, 0.1) is 0 Å². The zero-order valence-corrected chi connectivity index (χ0v) is 26.1. The topological polar surface area (TPSA) is 130 Å². The predicted octanol–water partition coefficient (Wildman–Crippen LogP) is 4.79. The molecule has 1 aliphatic carbocycles. The molecule has 3 aliphatic rings. The number of rotatable bonds is 11. The van der Waals surface area contributed by atoms with Gasteiger partial charge in [0, 0.05) is 37.0 Å². The number of alkyl halides is 2. The van der Waals surface area contributed by atoms with Gasteiger partial charge < -0.3 is 19.5 Å². The minimum atomic E-state index is -2.57. The van der Waals surface area contributed by atoms with Crippen molar-refractivity contribution in [2.75, 3.05) is 31.6 Å². The molecule has 1 aromatic carbocycles. The number of nitrogens with zero attached hydrogens (tertiary/aromatic N) is 9. The van der Waals surface area contributed by atoms with E-state index >= 15 is 0 Å². The van der Waals surface area contributed by atoms with E-state index in [1.807, 2.05) is 34.8 Å². The molecule has 0 spiro atoms. The zero-order chi connectivity index (χ0) is 31.7. The van der Waals surface area contributed by atoms with Crippen molar-refractivity contribution >= 4 is 23.2 Å². The highest BCUT2D eigenvalue weighted by atomic mass is 35.5. The maximum absolute atomic E-state index is 13.8. The lowest BCUT2D eigenvalue weighted by molar-refractivity contribution is -0.0813. The van der Waals surface area contributed by atoms with E-state index < -0.39 is 5.92 Å². The van der Waals surface area contributed by atoms with E-state index in [0.717, 1.165) is 36.8 Å². The Bertz CT molecular complexity index is 1610. The molecule has 16 heteroatoms. The van der Waals surface area contributed by atoms with Crippen molar-refractivity contribution < 1.29 is 23.0 Å². The minimum Gasteiger partial charge on any atom is -0.487 e. The first-order valence-corrected chi connectivity index (χ1v) is 15.9. The van der Waals surface area contributed by atoms with Crippen LogP contribution in [-0.4, -0.2) is 95.3 Å². The molecule has 3 aromatic heterocycles. The van der Waals surface area contributed by atoms with Crippen LogP contribution in [0.1, 0.15) is 45.1 Å². The molecule has 1 N–H and O–H groups in total. The number of likely N-dealkylation sites (tertiary alicyclic amines) is 1. The molecule has 46 heavy (non-hydrogen) atoms. The number of hydrogen-bond donors (Lipinski definition) is 1. The summed E-state index contributed by atoms with van der Waals surface area (Å²) in [6, 6.07) is 5.85. The fraction of sp³-hybridized carbons (Fsp3) is 0.533. The number of hydrogen-bond acceptors (Lipinski definition) is 11. The molecule has 4 aromatic rings. The SMILES string of the molecule is C[C@@H](Cn1cnnn1)Oc1cc(-c2cnc(Nc3cn(C4CCC(N5CCC(F)(F)C5)CC4)nc3OC3COC3)nc2)ccc1Cl. The molecule has 7 rings (SSSR count). The van der Waals surface area contributed by atoms with Gasteiger partial charge in [0.1, 0.15) is 30.0 Å². The molecule has 244 valence electrons. The van der Waals surface area contributed by atoms with Crippen molar-refractivity contribution in [2.24, 2.45) is 0 Å². The van der Waals surface area contributed by atoms with Gasteiger partial charge in [-0.2, -0.15) is 0 Å². The van der Waals surface area contributed by atoms with Gasteiger partial charge in [0.25, 0.3) is 11.8 Å². The molecule has 1 saturated carbocycles. The summed E-state index contributed by atoms with van der Waals surface area (Å²) in [5.74, 6) is -1.20. The molecular weight excluding hydrogens is 622 g/mol. The van der Waals surface area contributed by atoms with Crippen LogP contribution in [0.3, 0.4) is 0 Å². The Balaban J connectivity index is 1.02. The van der Waals surface area contributed by atoms with Crippen LogP contribution >= 0.6 is 11.6 Å². The maximum Gasteiger partial charge on any atom is 0.261 e. The zero-order valence-electron chi connectivity index (χ0n) is 25.3. The molecule has 13 nitrogen and oxygen atoms in total. The van der Waals surface area contributed by atoms with E-state index in [0.29, 0.717) is 54.6 Å². The van der Waals surface area contributed by atoms with E-state index in [2.05, 4.69) is 30.8 Å². The average molecular weight is 657 g/mol. The summed E-state index contributed by atoms with van der Waals surface area (Å²) < 4.78 is 48.6. The summed E-state index contributed by atoms with van der Waals surface area (Å²) in [5, 5.41) is 19.7. The van der Waals surface area contributed by atoms with Crippen LogP contribution in [-0.2, 0) is 11.3 Å². The quantitative estimate of drug-likeness (QED) is 0.239. The van der Waals surface area contributed by atoms with Gasteiger partial charge in [0.15, 0.2) is 0 Å². The number of benzene rings is 1. The lowest BCUT2D eigenvalue weighted by atomic mass is 9.90. The monoisotopic (exact) mass is 656 g/mol. The van der Waals surface area contributed by atoms with E-state index in [9.17, 15) is 8.78 Å².